The van der Waals surface area contributed by atoms with Gasteiger partial charge in [-0.3, -0.25) is 14.9 Å². The monoisotopic (exact) mass is 338 g/mol. The van der Waals surface area contributed by atoms with Crippen molar-refractivity contribution < 1.29 is 14.5 Å². The van der Waals surface area contributed by atoms with Crippen molar-refractivity contribution in [3.05, 3.63) is 49.2 Å². The van der Waals surface area contributed by atoms with Gasteiger partial charge in [0, 0.05) is 18.2 Å². The van der Waals surface area contributed by atoms with Gasteiger partial charge in [0.1, 0.15) is 16.7 Å². The molecule has 0 fully saturated rings. The molecule has 0 saturated carbocycles. The molecule has 0 aliphatic carbocycles. The molecule has 0 radical (unpaired) electrons. The minimum atomic E-state index is -0.607. The highest BCUT2D eigenvalue weighted by Gasteiger charge is 2.22. The number of fused-ring (bicyclic) bond motifs is 1. The van der Waals surface area contributed by atoms with Crippen molar-refractivity contribution in [3.63, 3.8) is 0 Å². The smallest absolute Gasteiger partial charge is 0.299 e. The number of amides is 1. The number of thiophene rings is 1. The number of carbonyl (C=O) groups is 1. The Balaban J connectivity index is 1.79. The zero-order chi connectivity index (χ0) is 15.9. The number of carbonyl (C=O) groups excluding carboxylic acids is 1. The van der Waals surface area contributed by atoms with Crippen LogP contribution in [0.15, 0.2) is 24.3 Å². The Labute approximate surface area is 134 Å². The molecule has 8 heteroatoms. The Hall–Kier alpha value is -2.12. The third-order valence-corrected chi connectivity index (χ3v) is 4.58. The number of ether oxygens (including phenoxy) is 1. The van der Waals surface area contributed by atoms with E-state index in [1.165, 1.54) is 6.07 Å². The van der Waals surface area contributed by atoms with Crippen molar-refractivity contribution in [1.29, 1.82) is 0 Å². The van der Waals surface area contributed by atoms with Gasteiger partial charge in [0.15, 0.2) is 4.34 Å². The minimum absolute atomic E-state index is 0.00803. The SMILES string of the molecule is CC1Cc2cc(NC(=O)c3cc([N+](=O)[O-])c(Cl)s3)ccc2O1. The van der Waals surface area contributed by atoms with Crippen LogP contribution in [0.3, 0.4) is 0 Å². The Kier molecular flexibility index (Phi) is 3.76. The van der Waals surface area contributed by atoms with E-state index < -0.39 is 10.8 Å². The van der Waals surface area contributed by atoms with E-state index in [0.717, 1.165) is 29.1 Å². The van der Waals surface area contributed by atoms with Crippen LogP contribution in [0.4, 0.5) is 11.4 Å². The molecule has 3 rings (SSSR count). The molecule has 22 heavy (non-hydrogen) atoms. The predicted octanol–water partition coefficient (Wildman–Crippen LogP) is 3.89. The summed E-state index contributed by atoms with van der Waals surface area (Å²) in [6.45, 7) is 1.98. The molecule has 2 heterocycles. The first kappa shape index (κ1) is 14.8. The average molecular weight is 339 g/mol. The van der Waals surface area contributed by atoms with E-state index in [0.29, 0.717) is 5.69 Å². The van der Waals surface area contributed by atoms with Crippen molar-refractivity contribution in [1.82, 2.24) is 0 Å². The molecule has 1 aromatic heterocycles. The maximum atomic E-state index is 12.2. The summed E-state index contributed by atoms with van der Waals surface area (Å²) < 4.78 is 5.59. The second-order valence-electron chi connectivity index (χ2n) is 4.94. The number of benzene rings is 1. The van der Waals surface area contributed by atoms with E-state index in [1.807, 2.05) is 13.0 Å². The number of nitrogens with one attached hydrogen (secondary N) is 1. The van der Waals surface area contributed by atoms with Crippen molar-refractivity contribution in [2.24, 2.45) is 0 Å². The van der Waals surface area contributed by atoms with Gasteiger partial charge in [-0.05, 0) is 30.7 Å². The lowest BCUT2D eigenvalue weighted by Gasteiger charge is -2.05. The van der Waals surface area contributed by atoms with Gasteiger partial charge in [0.25, 0.3) is 11.6 Å². The van der Waals surface area contributed by atoms with Crippen molar-refractivity contribution in [2.45, 2.75) is 19.4 Å². The van der Waals surface area contributed by atoms with Gasteiger partial charge in [-0.15, -0.1) is 11.3 Å². The molecule has 1 N–H and O–H groups in total. The quantitative estimate of drug-likeness (QED) is 0.680. The van der Waals surface area contributed by atoms with Crippen LogP contribution in [0.25, 0.3) is 0 Å². The van der Waals surface area contributed by atoms with Gasteiger partial charge in [0.05, 0.1) is 4.92 Å². The molecule has 0 spiro atoms. The van der Waals surface area contributed by atoms with Crippen LogP contribution >= 0.6 is 22.9 Å². The zero-order valence-corrected chi connectivity index (χ0v) is 13.0. The standard InChI is InChI=1S/C14H11ClN2O4S/c1-7-4-8-5-9(2-3-11(8)21-7)16-14(18)12-6-10(17(19)20)13(15)22-12/h2-3,5-7H,4H2,1H3,(H,16,18). The van der Waals surface area contributed by atoms with Crippen LogP contribution in [0.2, 0.25) is 4.34 Å². The summed E-state index contributed by atoms with van der Waals surface area (Å²) in [6, 6.07) is 6.57. The predicted molar refractivity (Wildman–Crippen MR) is 84.2 cm³/mol. The lowest BCUT2D eigenvalue weighted by Crippen LogP contribution is -2.10. The van der Waals surface area contributed by atoms with Crippen molar-refractivity contribution in [3.8, 4) is 5.75 Å². The Morgan fingerprint density at radius 3 is 2.95 bits per heavy atom. The van der Waals surface area contributed by atoms with E-state index in [9.17, 15) is 14.9 Å². The summed E-state index contributed by atoms with van der Waals surface area (Å²) in [7, 11) is 0. The Morgan fingerprint density at radius 2 is 2.27 bits per heavy atom. The van der Waals surface area contributed by atoms with E-state index in [2.05, 4.69) is 5.32 Å². The van der Waals surface area contributed by atoms with Gasteiger partial charge in [-0.25, -0.2) is 0 Å². The van der Waals surface area contributed by atoms with E-state index in [-0.39, 0.29) is 21.0 Å². The number of hydrogen-bond donors (Lipinski definition) is 1. The molecule has 0 bridgehead atoms. The molecule has 1 unspecified atom stereocenters. The van der Waals surface area contributed by atoms with Crippen molar-refractivity contribution in [2.75, 3.05) is 5.32 Å². The van der Waals surface area contributed by atoms with Crippen LogP contribution in [0.1, 0.15) is 22.2 Å². The summed E-state index contributed by atoms with van der Waals surface area (Å²) in [5.41, 5.74) is 1.39. The first-order chi connectivity index (χ1) is 10.4. The molecule has 1 aliphatic heterocycles. The number of halogens is 1. The third-order valence-electron chi connectivity index (χ3n) is 3.24. The zero-order valence-electron chi connectivity index (χ0n) is 11.5. The topological polar surface area (TPSA) is 81.5 Å². The number of nitrogens with zero attached hydrogens (tertiary/aromatic N) is 1. The molecule has 6 nitrogen and oxygen atoms in total. The van der Waals surface area contributed by atoms with E-state index in [4.69, 9.17) is 16.3 Å². The molecule has 0 saturated heterocycles. The highest BCUT2D eigenvalue weighted by molar-refractivity contribution is 7.18. The maximum Gasteiger partial charge on any atom is 0.299 e. The second-order valence-corrected chi connectivity index (χ2v) is 6.59. The lowest BCUT2D eigenvalue weighted by atomic mass is 10.1. The highest BCUT2D eigenvalue weighted by atomic mass is 35.5. The van der Waals surface area contributed by atoms with Gasteiger partial charge >= 0.3 is 0 Å². The van der Waals surface area contributed by atoms with Crippen LogP contribution in [0, 0.1) is 10.1 Å². The van der Waals surface area contributed by atoms with Gasteiger partial charge in [-0.2, -0.15) is 0 Å². The Morgan fingerprint density at radius 1 is 1.50 bits per heavy atom. The average Bonchev–Trinajstić information content (AvgIpc) is 3.00. The van der Waals surface area contributed by atoms with Crippen LogP contribution in [0.5, 0.6) is 5.75 Å². The summed E-state index contributed by atoms with van der Waals surface area (Å²) in [5, 5.41) is 13.5. The summed E-state index contributed by atoms with van der Waals surface area (Å²) in [4.78, 5) is 22.5. The fourth-order valence-electron chi connectivity index (χ4n) is 2.29. The fourth-order valence-corrected chi connectivity index (χ4v) is 3.41. The number of nitro groups is 1. The van der Waals surface area contributed by atoms with Crippen LogP contribution in [-0.4, -0.2) is 16.9 Å². The minimum Gasteiger partial charge on any atom is -0.490 e. The van der Waals surface area contributed by atoms with E-state index in [1.54, 1.807) is 12.1 Å². The van der Waals surface area contributed by atoms with Crippen LogP contribution in [-0.2, 0) is 6.42 Å². The number of hydrogen-bond acceptors (Lipinski definition) is 5. The van der Waals surface area contributed by atoms with Gasteiger partial charge < -0.3 is 10.1 Å². The molecule has 1 amide bonds. The van der Waals surface area contributed by atoms with Gasteiger partial charge in [-0.1, -0.05) is 11.6 Å². The number of rotatable bonds is 3. The second kappa shape index (κ2) is 5.58. The molecule has 1 aromatic carbocycles. The molecule has 2 aromatic rings. The molecule has 1 aliphatic rings. The van der Waals surface area contributed by atoms with E-state index >= 15 is 0 Å². The lowest BCUT2D eigenvalue weighted by molar-refractivity contribution is -0.384. The highest BCUT2D eigenvalue weighted by Crippen LogP contribution is 2.35. The van der Waals surface area contributed by atoms with Crippen LogP contribution < -0.4 is 10.1 Å². The fraction of sp³-hybridized carbons (Fsp3) is 0.214. The Bertz CT molecular complexity index is 774. The first-order valence-electron chi connectivity index (χ1n) is 6.48. The normalized spacial score (nSPS) is 16.0. The molecule has 114 valence electrons. The molecule has 1 atom stereocenters. The largest absolute Gasteiger partial charge is 0.490 e. The number of anilines is 1. The first-order valence-corrected chi connectivity index (χ1v) is 7.68. The summed E-state index contributed by atoms with van der Waals surface area (Å²) in [6.07, 6.45) is 0.912. The summed E-state index contributed by atoms with van der Waals surface area (Å²) >= 11 is 6.64. The molecular weight excluding hydrogens is 328 g/mol. The van der Waals surface area contributed by atoms with Gasteiger partial charge in [0.2, 0.25) is 0 Å². The summed E-state index contributed by atoms with van der Waals surface area (Å²) in [5.74, 6) is 0.396. The third kappa shape index (κ3) is 2.77. The molecular formula is C14H11ClN2O4S. The maximum absolute atomic E-state index is 12.2. The van der Waals surface area contributed by atoms with Crippen molar-refractivity contribution >= 4 is 40.2 Å².